The van der Waals surface area contributed by atoms with Gasteiger partial charge in [0.2, 0.25) is 23.6 Å². The van der Waals surface area contributed by atoms with Gasteiger partial charge in [0.25, 0.3) is 11.8 Å². The number of hydrogen-bond donors (Lipinski definition) is 1. The summed E-state index contributed by atoms with van der Waals surface area (Å²) in [5.74, 6) is -1.06. The van der Waals surface area contributed by atoms with Gasteiger partial charge in [0.15, 0.2) is 0 Å². The summed E-state index contributed by atoms with van der Waals surface area (Å²) < 4.78 is 2.10. The van der Waals surface area contributed by atoms with Crippen molar-refractivity contribution >= 4 is 46.8 Å². The fourth-order valence-electron chi connectivity index (χ4n) is 10.5. The number of amides is 6. The number of nitrogens with zero attached hydrogens (tertiary/aromatic N) is 6. The van der Waals surface area contributed by atoms with E-state index in [0.717, 1.165) is 67.5 Å². The molecule has 3 atom stereocenters. The maximum absolute atomic E-state index is 14.3. The molecular weight excluding hydrogens is 735 g/mol. The van der Waals surface area contributed by atoms with Crippen LogP contribution in [0, 0.1) is 5.92 Å². The van der Waals surface area contributed by atoms with E-state index >= 15 is 0 Å². The van der Waals surface area contributed by atoms with Crippen LogP contribution in [0.4, 0.5) is 11.4 Å². The standard InChI is InChI=1S/C45H51N7O6/c1-26-8-12-34-36(51(26)42(55)28-9-10-28)15-14-32(40(34)27-5-4-6-27)29-24-46-50(25-29)30-18-21-48(22-19-30)45(58)38-7-2-3-20-49(38)31-11-13-33-35(23-31)44(57)52(43(33)56)37-16-17-39(53)47-41(37)54/h11,13-15,23-28,30,37-38H,2-10,12,16-22H2,1H3,(H,47,53,54)/t26-,37?,38?/m0/s1. The van der Waals surface area contributed by atoms with Crippen LogP contribution in [0.2, 0.25) is 0 Å². The van der Waals surface area contributed by atoms with Crippen molar-refractivity contribution in [2.24, 2.45) is 5.92 Å². The van der Waals surface area contributed by atoms with Crippen LogP contribution in [0.3, 0.4) is 0 Å². The summed E-state index contributed by atoms with van der Waals surface area (Å²) >= 11 is 0. The van der Waals surface area contributed by atoms with E-state index in [1.54, 1.807) is 18.2 Å². The van der Waals surface area contributed by atoms with Crippen molar-refractivity contribution in [2.45, 2.75) is 127 Å². The van der Waals surface area contributed by atoms with Gasteiger partial charge in [-0.15, -0.1) is 0 Å². The summed E-state index contributed by atoms with van der Waals surface area (Å²) in [5.41, 5.74) is 7.44. The Kier molecular flexibility index (Phi) is 9.24. The highest BCUT2D eigenvalue weighted by atomic mass is 16.2. The minimum absolute atomic E-state index is 0.0624. The van der Waals surface area contributed by atoms with Crippen molar-refractivity contribution in [2.75, 3.05) is 29.4 Å². The number of carbonyl (C=O) groups is 6. The van der Waals surface area contributed by atoms with Gasteiger partial charge in [-0.25, -0.2) is 0 Å². The Morgan fingerprint density at radius 2 is 1.53 bits per heavy atom. The molecule has 7 aliphatic rings. The third-order valence-corrected chi connectivity index (χ3v) is 14.1. The van der Waals surface area contributed by atoms with Crippen molar-refractivity contribution in [3.63, 3.8) is 0 Å². The smallest absolute Gasteiger partial charge is 0.262 e. The Labute approximate surface area is 338 Å². The molecule has 5 aliphatic heterocycles. The summed E-state index contributed by atoms with van der Waals surface area (Å²) in [5, 5.41) is 7.15. The number of benzene rings is 2. The number of imide groups is 2. The molecule has 0 spiro atoms. The molecule has 5 fully saturated rings. The molecule has 10 rings (SSSR count). The SMILES string of the molecule is C[C@H]1CCc2c(ccc(-c3cnn(C4CCN(C(=O)C5CCCCN5c5ccc6c(c5)C(=O)N(C5CCC(=O)NC5=O)C6=O)CC4)c3)c2C2CCC2)N1C(=O)C1CC1. The molecule has 0 radical (unpaired) electrons. The van der Waals surface area contributed by atoms with E-state index in [-0.39, 0.29) is 53.9 Å². The number of hydrogen-bond acceptors (Lipinski definition) is 8. The highest BCUT2D eigenvalue weighted by Crippen LogP contribution is 2.49. The molecular formula is C45H51N7O6. The maximum Gasteiger partial charge on any atom is 0.262 e. The Morgan fingerprint density at radius 3 is 2.28 bits per heavy atom. The Bertz CT molecular complexity index is 2230. The first-order valence-electron chi connectivity index (χ1n) is 21.6. The van der Waals surface area contributed by atoms with Crippen LogP contribution in [0.5, 0.6) is 0 Å². The topological polar surface area (TPSA) is 145 Å². The van der Waals surface area contributed by atoms with Gasteiger partial charge in [0, 0.05) is 61.1 Å². The number of anilines is 2. The number of aromatic nitrogens is 2. The molecule has 2 saturated carbocycles. The van der Waals surface area contributed by atoms with Gasteiger partial charge in [-0.3, -0.25) is 43.7 Å². The van der Waals surface area contributed by atoms with Crippen molar-refractivity contribution < 1.29 is 28.8 Å². The van der Waals surface area contributed by atoms with Crippen LogP contribution in [-0.4, -0.2) is 92.8 Å². The van der Waals surface area contributed by atoms with Crippen molar-refractivity contribution in [3.8, 4) is 11.1 Å². The van der Waals surface area contributed by atoms with Crippen molar-refractivity contribution in [1.82, 2.24) is 24.9 Å². The second kappa shape index (κ2) is 14.5. The number of nitrogens with one attached hydrogen (secondary N) is 1. The fourth-order valence-corrected chi connectivity index (χ4v) is 10.5. The van der Waals surface area contributed by atoms with Crippen LogP contribution < -0.4 is 15.1 Å². The predicted octanol–water partition coefficient (Wildman–Crippen LogP) is 5.52. The molecule has 13 heteroatoms. The highest BCUT2D eigenvalue weighted by molar-refractivity contribution is 6.23. The lowest BCUT2D eigenvalue weighted by Crippen LogP contribution is -2.54. The summed E-state index contributed by atoms with van der Waals surface area (Å²) in [6, 6.07) is 8.53. The number of fused-ring (bicyclic) bond motifs is 2. The van der Waals surface area contributed by atoms with Gasteiger partial charge < -0.3 is 14.7 Å². The van der Waals surface area contributed by atoms with E-state index in [0.29, 0.717) is 43.6 Å². The lowest BCUT2D eigenvalue weighted by Gasteiger charge is -2.41. The molecule has 1 aromatic heterocycles. The zero-order valence-corrected chi connectivity index (χ0v) is 33.2. The normalized spacial score (nSPS) is 25.4. The minimum Gasteiger partial charge on any atom is -0.360 e. The number of piperidine rings is 3. The average molecular weight is 786 g/mol. The monoisotopic (exact) mass is 785 g/mol. The van der Waals surface area contributed by atoms with Gasteiger partial charge in [-0.2, -0.15) is 5.10 Å². The quantitative estimate of drug-likeness (QED) is 0.309. The Hall–Kier alpha value is -5.33. The molecule has 58 heavy (non-hydrogen) atoms. The van der Waals surface area contributed by atoms with Crippen LogP contribution >= 0.6 is 0 Å². The molecule has 13 nitrogen and oxygen atoms in total. The molecule has 3 aromatic rings. The van der Waals surface area contributed by atoms with Crippen LogP contribution in [-0.2, 0) is 25.6 Å². The Balaban J connectivity index is 0.829. The molecule has 6 heterocycles. The lowest BCUT2D eigenvalue weighted by molar-refractivity contribution is -0.136. The number of carbonyl (C=O) groups excluding carboxylic acids is 6. The second-order valence-corrected chi connectivity index (χ2v) is 17.7. The molecule has 2 aromatic carbocycles. The van der Waals surface area contributed by atoms with E-state index in [1.807, 2.05) is 11.1 Å². The molecule has 3 saturated heterocycles. The lowest BCUT2D eigenvalue weighted by atomic mass is 9.73. The van der Waals surface area contributed by atoms with E-state index in [2.05, 4.69) is 45.1 Å². The summed E-state index contributed by atoms with van der Waals surface area (Å²) in [6.07, 6.45) is 16.1. The predicted molar refractivity (Wildman–Crippen MR) is 215 cm³/mol. The van der Waals surface area contributed by atoms with Gasteiger partial charge in [-0.05, 0) is 131 Å². The first-order chi connectivity index (χ1) is 28.2. The van der Waals surface area contributed by atoms with E-state index < -0.39 is 29.7 Å². The second-order valence-electron chi connectivity index (χ2n) is 17.7. The summed E-state index contributed by atoms with van der Waals surface area (Å²) in [7, 11) is 0. The largest absolute Gasteiger partial charge is 0.360 e. The molecule has 2 aliphatic carbocycles. The Morgan fingerprint density at radius 1 is 0.759 bits per heavy atom. The third kappa shape index (κ3) is 6.23. The van der Waals surface area contributed by atoms with Crippen LogP contribution in [0.1, 0.15) is 134 Å². The van der Waals surface area contributed by atoms with Gasteiger partial charge >= 0.3 is 0 Å². The first-order valence-corrected chi connectivity index (χ1v) is 21.6. The van der Waals surface area contributed by atoms with Crippen molar-refractivity contribution in [3.05, 3.63) is 65.0 Å². The first kappa shape index (κ1) is 37.0. The van der Waals surface area contributed by atoms with E-state index in [4.69, 9.17) is 5.10 Å². The molecule has 1 N–H and O–H groups in total. The molecule has 6 amide bonds. The average Bonchev–Trinajstić information content (AvgIpc) is 3.90. The summed E-state index contributed by atoms with van der Waals surface area (Å²) in [6.45, 7) is 4.09. The maximum atomic E-state index is 14.3. The van der Waals surface area contributed by atoms with Gasteiger partial charge in [0.05, 0.1) is 23.4 Å². The van der Waals surface area contributed by atoms with Gasteiger partial charge in [0.1, 0.15) is 12.1 Å². The zero-order chi connectivity index (χ0) is 39.8. The minimum atomic E-state index is -1.03. The summed E-state index contributed by atoms with van der Waals surface area (Å²) in [4.78, 5) is 86.0. The van der Waals surface area contributed by atoms with E-state index in [9.17, 15) is 28.8 Å². The number of rotatable bonds is 7. The third-order valence-electron chi connectivity index (χ3n) is 14.1. The van der Waals surface area contributed by atoms with Crippen LogP contribution in [0.25, 0.3) is 11.1 Å². The molecule has 0 bridgehead atoms. The van der Waals surface area contributed by atoms with E-state index in [1.165, 1.54) is 36.0 Å². The number of likely N-dealkylation sites (tertiary alicyclic amines) is 1. The molecule has 302 valence electrons. The van der Waals surface area contributed by atoms with Crippen molar-refractivity contribution in [1.29, 1.82) is 0 Å². The van der Waals surface area contributed by atoms with Crippen LogP contribution in [0.15, 0.2) is 42.7 Å². The zero-order valence-electron chi connectivity index (χ0n) is 33.2. The van der Waals surface area contributed by atoms with Gasteiger partial charge in [-0.1, -0.05) is 12.5 Å². The fraction of sp³-hybridized carbons (Fsp3) is 0.533. The highest BCUT2D eigenvalue weighted by Gasteiger charge is 2.46. The molecule has 2 unspecified atom stereocenters.